The van der Waals surface area contributed by atoms with E-state index >= 15 is 0 Å². The van der Waals surface area contributed by atoms with Crippen molar-refractivity contribution in [2.45, 2.75) is 45.8 Å². The van der Waals surface area contributed by atoms with Crippen LogP contribution in [0.25, 0.3) is 10.9 Å². The van der Waals surface area contributed by atoms with Gasteiger partial charge in [0, 0.05) is 48.5 Å². The summed E-state index contributed by atoms with van der Waals surface area (Å²) >= 11 is 0. The van der Waals surface area contributed by atoms with Gasteiger partial charge < -0.3 is 29.7 Å². The van der Waals surface area contributed by atoms with Gasteiger partial charge in [0.1, 0.15) is 17.0 Å². The summed E-state index contributed by atoms with van der Waals surface area (Å²) in [4.78, 5) is 25.1. The average Bonchev–Trinajstić information content (AvgIpc) is 2.86. The first-order valence-corrected chi connectivity index (χ1v) is 12.1. The van der Waals surface area contributed by atoms with Gasteiger partial charge in [-0.15, -0.1) is 0 Å². The van der Waals surface area contributed by atoms with Crippen molar-refractivity contribution >= 4 is 22.5 Å². The molecule has 9 heteroatoms. The molecule has 0 unspecified atom stereocenters. The molecular weight excluding hydrogens is 458 g/mol. The van der Waals surface area contributed by atoms with Crippen LogP contribution in [0.4, 0.5) is 5.69 Å². The zero-order chi connectivity index (χ0) is 26.0. The van der Waals surface area contributed by atoms with Crippen molar-refractivity contribution in [3.8, 4) is 17.4 Å². The van der Waals surface area contributed by atoms with Crippen LogP contribution < -0.4 is 29.7 Å². The van der Waals surface area contributed by atoms with E-state index in [4.69, 9.17) is 14.2 Å². The Kier molecular flexibility index (Phi) is 7.49. The monoisotopic (exact) mass is 493 g/mol. The highest BCUT2D eigenvalue weighted by Crippen LogP contribution is 2.35. The molecule has 1 aliphatic rings. The molecule has 1 aromatic carbocycles. The van der Waals surface area contributed by atoms with Crippen molar-refractivity contribution in [3.63, 3.8) is 0 Å². The van der Waals surface area contributed by atoms with Crippen LogP contribution in [0.5, 0.6) is 17.4 Å². The van der Waals surface area contributed by atoms with Gasteiger partial charge >= 0.3 is 0 Å². The fraction of sp³-hybridized carbons (Fsp3) is 0.444. The summed E-state index contributed by atoms with van der Waals surface area (Å²) < 4.78 is 16.3. The molecule has 9 nitrogen and oxygen atoms in total. The predicted molar refractivity (Wildman–Crippen MR) is 141 cm³/mol. The summed E-state index contributed by atoms with van der Waals surface area (Å²) in [5.74, 6) is 1.57. The van der Waals surface area contributed by atoms with Crippen molar-refractivity contribution in [2.24, 2.45) is 0 Å². The minimum Gasteiger partial charge on any atom is -0.497 e. The molecule has 4 rings (SSSR count). The molecule has 192 valence electrons. The third kappa shape index (κ3) is 5.16. The predicted octanol–water partition coefficient (Wildman–Crippen LogP) is 3.64. The Morgan fingerprint density at radius 2 is 1.69 bits per heavy atom. The molecule has 3 aromatic rings. The molecule has 3 heterocycles. The molecule has 3 atom stereocenters. The van der Waals surface area contributed by atoms with Crippen molar-refractivity contribution in [1.29, 1.82) is 0 Å². The number of nitrogens with one attached hydrogen (secondary N) is 2. The number of anilines is 1. The maximum atomic E-state index is 13.7. The summed E-state index contributed by atoms with van der Waals surface area (Å²) in [5.41, 5.74) is 3.67. The normalized spacial score (nSPS) is 18.6. The molecule has 1 fully saturated rings. The molecule has 1 saturated heterocycles. The molecule has 0 aliphatic carbocycles. The van der Waals surface area contributed by atoms with Gasteiger partial charge in [-0.2, -0.15) is 0 Å². The lowest BCUT2D eigenvalue weighted by atomic mass is 10.0. The van der Waals surface area contributed by atoms with E-state index in [0.29, 0.717) is 28.5 Å². The van der Waals surface area contributed by atoms with Crippen molar-refractivity contribution in [3.05, 3.63) is 47.3 Å². The Morgan fingerprint density at radius 3 is 2.28 bits per heavy atom. The van der Waals surface area contributed by atoms with Crippen LogP contribution in [0.1, 0.15) is 48.4 Å². The van der Waals surface area contributed by atoms with Gasteiger partial charge in [0.25, 0.3) is 5.91 Å². The van der Waals surface area contributed by atoms with E-state index in [-0.39, 0.29) is 24.0 Å². The number of rotatable bonds is 7. The second kappa shape index (κ2) is 10.6. The molecule has 1 amide bonds. The summed E-state index contributed by atoms with van der Waals surface area (Å²) in [6.07, 6.45) is 1.63. The number of aromatic nitrogens is 2. The van der Waals surface area contributed by atoms with Crippen LogP contribution in [0.3, 0.4) is 0 Å². The second-order valence-electron chi connectivity index (χ2n) is 9.40. The lowest BCUT2D eigenvalue weighted by Crippen LogP contribution is -2.54. The van der Waals surface area contributed by atoms with Gasteiger partial charge in [-0.05, 0) is 51.5 Å². The first kappa shape index (κ1) is 25.5. The van der Waals surface area contributed by atoms with Crippen molar-refractivity contribution < 1.29 is 19.0 Å². The molecule has 1 aliphatic heterocycles. The van der Waals surface area contributed by atoms with E-state index in [1.807, 2.05) is 32.0 Å². The number of hydrogen-bond acceptors (Lipinski definition) is 8. The number of carbonyl (C=O) groups is 1. The number of piperazine rings is 1. The first-order valence-electron chi connectivity index (χ1n) is 12.1. The van der Waals surface area contributed by atoms with Crippen LogP contribution in [0, 0.1) is 6.92 Å². The van der Waals surface area contributed by atoms with E-state index in [9.17, 15) is 4.79 Å². The minimum absolute atomic E-state index is 0.207. The highest BCUT2D eigenvalue weighted by atomic mass is 16.5. The van der Waals surface area contributed by atoms with Gasteiger partial charge in [0.05, 0.1) is 38.6 Å². The van der Waals surface area contributed by atoms with Crippen LogP contribution in [0.15, 0.2) is 30.5 Å². The molecule has 36 heavy (non-hydrogen) atoms. The third-order valence-electron chi connectivity index (χ3n) is 6.45. The van der Waals surface area contributed by atoms with Gasteiger partial charge in [-0.3, -0.25) is 4.79 Å². The van der Waals surface area contributed by atoms with Crippen LogP contribution in [0.2, 0.25) is 0 Å². The average molecular weight is 494 g/mol. The summed E-state index contributed by atoms with van der Waals surface area (Å²) in [5, 5.41) is 7.56. The smallest absolute Gasteiger partial charge is 0.255 e. The van der Waals surface area contributed by atoms with E-state index in [1.165, 1.54) is 0 Å². The zero-order valence-corrected chi connectivity index (χ0v) is 22.0. The lowest BCUT2D eigenvalue weighted by molar-refractivity contribution is 0.0940. The van der Waals surface area contributed by atoms with E-state index in [1.54, 1.807) is 33.6 Å². The van der Waals surface area contributed by atoms with Gasteiger partial charge in [0.2, 0.25) is 5.88 Å². The van der Waals surface area contributed by atoms with E-state index in [0.717, 1.165) is 35.4 Å². The number of methoxy groups -OCH3 is 3. The molecule has 2 aromatic heterocycles. The number of aryl methyl sites for hydroxylation is 1. The molecule has 2 N–H and O–H groups in total. The molecule has 0 spiro atoms. The number of benzene rings is 1. The standard InChI is InChI=1S/C27H35N5O4/c1-15-8-22-24(27(30-15)36-7)28-12-23(25(22)32-13-16(2)29-17(3)14-32)26(33)31-18(4)19-9-20(34-5)11-21(10-19)35-6/h8-12,16-18,29H,13-14H2,1-7H3,(H,31,33)/t16-,17+,18-/m0/s1. The Balaban J connectivity index is 1.78. The summed E-state index contributed by atoms with van der Waals surface area (Å²) in [6, 6.07) is 7.81. The van der Waals surface area contributed by atoms with Gasteiger partial charge in [-0.25, -0.2) is 9.97 Å². The number of pyridine rings is 2. The lowest BCUT2D eigenvalue weighted by Gasteiger charge is -2.39. The Bertz CT molecular complexity index is 1230. The SMILES string of the molecule is COc1cc(OC)cc([C@H](C)NC(=O)c2cnc3c(OC)nc(C)cc3c2N2C[C@@H](C)N[C@@H](C)C2)c1. The van der Waals surface area contributed by atoms with Crippen LogP contribution in [-0.2, 0) is 0 Å². The van der Waals surface area contributed by atoms with Gasteiger partial charge in [-0.1, -0.05) is 0 Å². The fourth-order valence-electron chi connectivity index (χ4n) is 4.87. The molecule has 0 bridgehead atoms. The topological polar surface area (TPSA) is 97.8 Å². The number of hydrogen-bond donors (Lipinski definition) is 2. The van der Waals surface area contributed by atoms with Crippen molar-refractivity contribution in [2.75, 3.05) is 39.3 Å². The summed E-state index contributed by atoms with van der Waals surface area (Å²) in [6.45, 7) is 9.67. The maximum Gasteiger partial charge on any atom is 0.255 e. The molecule has 0 saturated carbocycles. The van der Waals surface area contributed by atoms with Crippen LogP contribution in [-0.4, -0.2) is 62.4 Å². The van der Waals surface area contributed by atoms with E-state index in [2.05, 4.69) is 39.3 Å². The first-order chi connectivity index (χ1) is 17.2. The second-order valence-corrected chi connectivity index (χ2v) is 9.40. The largest absolute Gasteiger partial charge is 0.497 e. The summed E-state index contributed by atoms with van der Waals surface area (Å²) in [7, 11) is 4.80. The Hall–Kier alpha value is -3.59. The Morgan fingerprint density at radius 1 is 1.06 bits per heavy atom. The minimum atomic E-state index is -0.292. The zero-order valence-electron chi connectivity index (χ0n) is 22.0. The quantitative estimate of drug-likeness (QED) is 0.515. The number of carbonyl (C=O) groups excluding carboxylic acids is 1. The number of nitrogens with zero attached hydrogens (tertiary/aromatic N) is 3. The number of ether oxygens (including phenoxy) is 3. The van der Waals surface area contributed by atoms with E-state index < -0.39 is 0 Å². The maximum absolute atomic E-state index is 13.7. The highest BCUT2D eigenvalue weighted by molar-refractivity contribution is 6.08. The third-order valence-corrected chi connectivity index (χ3v) is 6.45. The van der Waals surface area contributed by atoms with Gasteiger partial charge in [0.15, 0.2) is 0 Å². The number of amides is 1. The molecular formula is C27H35N5O4. The number of fused-ring (bicyclic) bond motifs is 1. The Labute approximate surface area is 212 Å². The fourth-order valence-corrected chi connectivity index (χ4v) is 4.87. The highest BCUT2D eigenvalue weighted by Gasteiger charge is 2.28. The molecule has 0 radical (unpaired) electrons. The van der Waals surface area contributed by atoms with Crippen molar-refractivity contribution in [1.82, 2.24) is 20.6 Å². The van der Waals surface area contributed by atoms with Crippen LogP contribution >= 0.6 is 0 Å².